The van der Waals surface area contributed by atoms with Gasteiger partial charge in [-0.25, -0.2) is 0 Å². The van der Waals surface area contributed by atoms with E-state index in [-0.39, 0.29) is 16.9 Å². The van der Waals surface area contributed by atoms with Crippen LogP contribution < -0.4 is 0 Å². The van der Waals surface area contributed by atoms with E-state index in [0.29, 0.717) is 12.0 Å². The monoisotopic (exact) mass is 314 g/mol. The van der Waals surface area contributed by atoms with Gasteiger partial charge in [-0.05, 0) is 50.6 Å². The van der Waals surface area contributed by atoms with Crippen molar-refractivity contribution in [2.75, 3.05) is 0 Å². The van der Waals surface area contributed by atoms with Gasteiger partial charge >= 0.3 is 0 Å². The highest BCUT2D eigenvalue weighted by atomic mass is 28.4. The molecule has 1 aliphatic heterocycles. The summed E-state index contributed by atoms with van der Waals surface area (Å²) >= 11 is 0. The fraction of sp³-hybridized carbons (Fsp3) is 0.812. The van der Waals surface area contributed by atoms with Gasteiger partial charge in [-0.15, -0.1) is 0 Å². The standard InChI is InChI=1S/C16H30O4Si/c1-11-9-13(17)14(19-16(11,6)18)10-12(2)20-21(7,8)15(3,4)5/h9,12,14,18H,10H2,1-8H3/t12-,14+,16+/m0/s1. The van der Waals surface area contributed by atoms with Crippen LogP contribution in [-0.4, -0.2) is 37.2 Å². The topological polar surface area (TPSA) is 55.8 Å². The molecule has 5 heteroatoms. The molecule has 0 radical (unpaired) electrons. The maximum atomic E-state index is 12.0. The van der Waals surface area contributed by atoms with Gasteiger partial charge in [0.2, 0.25) is 0 Å². The van der Waals surface area contributed by atoms with E-state index in [2.05, 4.69) is 33.9 Å². The lowest BCUT2D eigenvalue weighted by Crippen LogP contribution is -2.47. The third-order valence-electron chi connectivity index (χ3n) is 4.63. The molecule has 0 saturated carbocycles. The second-order valence-electron chi connectivity index (χ2n) is 7.74. The lowest BCUT2D eigenvalue weighted by molar-refractivity contribution is -0.202. The van der Waals surface area contributed by atoms with Crippen molar-refractivity contribution in [2.24, 2.45) is 0 Å². The minimum atomic E-state index is -1.87. The van der Waals surface area contributed by atoms with Crippen molar-refractivity contribution in [3.8, 4) is 0 Å². The highest BCUT2D eigenvalue weighted by molar-refractivity contribution is 6.74. The molecule has 0 unspecified atom stereocenters. The van der Waals surface area contributed by atoms with Gasteiger partial charge in [0, 0.05) is 12.5 Å². The van der Waals surface area contributed by atoms with Crippen molar-refractivity contribution < 1.29 is 19.1 Å². The van der Waals surface area contributed by atoms with E-state index in [0.717, 1.165) is 0 Å². The highest BCUT2D eigenvalue weighted by Crippen LogP contribution is 2.38. The first-order valence-electron chi connectivity index (χ1n) is 7.57. The molecule has 0 aromatic heterocycles. The second-order valence-corrected chi connectivity index (χ2v) is 12.5. The van der Waals surface area contributed by atoms with Crippen molar-refractivity contribution in [1.29, 1.82) is 0 Å². The number of rotatable bonds is 4. The van der Waals surface area contributed by atoms with Crippen LogP contribution in [0.5, 0.6) is 0 Å². The van der Waals surface area contributed by atoms with Crippen molar-refractivity contribution in [3.63, 3.8) is 0 Å². The smallest absolute Gasteiger partial charge is 0.192 e. The molecule has 0 bridgehead atoms. The number of hydrogen-bond donors (Lipinski definition) is 1. The average Bonchev–Trinajstić information content (AvgIpc) is 2.23. The average molecular weight is 314 g/mol. The summed E-state index contributed by atoms with van der Waals surface area (Å²) in [5.74, 6) is -1.46. The molecule has 1 heterocycles. The third-order valence-corrected chi connectivity index (χ3v) is 9.23. The minimum absolute atomic E-state index is 0.0811. The molecule has 0 aliphatic carbocycles. The summed E-state index contributed by atoms with van der Waals surface area (Å²) in [6.45, 7) is 16.2. The van der Waals surface area contributed by atoms with Crippen LogP contribution in [0.25, 0.3) is 0 Å². The largest absolute Gasteiger partial charge is 0.414 e. The molecular formula is C16H30O4Si. The summed E-state index contributed by atoms with van der Waals surface area (Å²) in [6.07, 6.45) is 1.23. The van der Waals surface area contributed by atoms with Gasteiger partial charge in [-0.2, -0.15) is 0 Å². The van der Waals surface area contributed by atoms with Gasteiger partial charge in [0.05, 0.1) is 0 Å². The van der Waals surface area contributed by atoms with Crippen LogP contribution in [0.15, 0.2) is 11.6 Å². The van der Waals surface area contributed by atoms with Crippen LogP contribution in [-0.2, 0) is 14.0 Å². The van der Waals surface area contributed by atoms with Crippen molar-refractivity contribution >= 4 is 14.1 Å². The zero-order valence-corrected chi connectivity index (χ0v) is 15.6. The normalized spacial score (nSPS) is 29.3. The Kier molecular flexibility index (Phi) is 5.26. The highest BCUT2D eigenvalue weighted by Gasteiger charge is 2.41. The minimum Gasteiger partial charge on any atom is -0.414 e. The SMILES string of the molecule is CC1=CC(=O)[C@@H](C[C@H](C)O[Si](C)(C)C(C)(C)C)O[C@@]1(C)O. The fourth-order valence-corrected chi connectivity index (χ4v) is 3.52. The molecule has 0 fully saturated rings. The predicted octanol–water partition coefficient (Wildman–Crippen LogP) is 3.41. The number of carbonyl (C=O) groups is 1. The number of ketones is 1. The van der Waals surface area contributed by atoms with Crippen LogP contribution in [0.4, 0.5) is 0 Å². The number of hydrogen-bond acceptors (Lipinski definition) is 4. The molecule has 1 N–H and O–H groups in total. The Balaban J connectivity index is 2.72. The van der Waals surface area contributed by atoms with E-state index in [1.807, 2.05) is 6.92 Å². The lowest BCUT2D eigenvalue weighted by atomic mass is 9.98. The van der Waals surface area contributed by atoms with Gasteiger partial charge in [-0.3, -0.25) is 4.79 Å². The summed E-state index contributed by atoms with van der Waals surface area (Å²) in [5, 5.41) is 10.3. The predicted molar refractivity (Wildman–Crippen MR) is 86.6 cm³/mol. The molecule has 0 spiro atoms. The summed E-state index contributed by atoms with van der Waals surface area (Å²) in [5.41, 5.74) is 0.543. The van der Waals surface area contributed by atoms with Crippen LogP contribution in [0.2, 0.25) is 18.1 Å². The van der Waals surface area contributed by atoms with Crippen LogP contribution in [0, 0.1) is 0 Å². The van der Waals surface area contributed by atoms with Gasteiger partial charge in [0.25, 0.3) is 0 Å². The summed E-state index contributed by atoms with van der Waals surface area (Å²) in [4.78, 5) is 12.0. The molecular weight excluding hydrogens is 284 g/mol. The summed E-state index contributed by atoms with van der Waals surface area (Å²) < 4.78 is 11.8. The van der Waals surface area contributed by atoms with Crippen molar-refractivity contribution in [1.82, 2.24) is 0 Å². The molecule has 1 rings (SSSR count). The Bertz CT molecular complexity index is 432. The first kappa shape index (κ1) is 18.6. The van der Waals surface area contributed by atoms with Crippen LogP contribution >= 0.6 is 0 Å². The number of aliphatic hydroxyl groups is 1. The first-order chi connectivity index (χ1) is 9.26. The van der Waals surface area contributed by atoms with E-state index in [9.17, 15) is 9.90 Å². The van der Waals surface area contributed by atoms with E-state index >= 15 is 0 Å². The Morgan fingerprint density at radius 1 is 1.48 bits per heavy atom. The fourth-order valence-electron chi connectivity index (χ4n) is 2.06. The van der Waals surface area contributed by atoms with Crippen LogP contribution in [0.1, 0.15) is 48.0 Å². The van der Waals surface area contributed by atoms with Crippen LogP contribution in [0.3, 0.4) is 0 Å². The molecule has 0 aromatic carbocycles. The first-order valence-corrected chi connectivity index (χ1v) is 10.5. The number of carbonyl (C=O) groups excluding carboxylic acids is 1. The zero-order valence-electron chi connectivity index (χ0n) is 14.6. The molecule has 4 nitrogen and oxygen atoms in total. The van der Waals surface area contributed by atoms with Gasteiger partial charge in [0.1, 0.15) is 6.10 Å². The molecule has 122 valence electrons. The Labute approximate surface area is 129 Å². The Morgan fingerprint density at radius 2 is 2.00 bits per heavy atom. The Morgan fingerprint density at radius 3 is 2.48 bits per heavy atom. The summed E-state index contributed by atoms with van der Waals surface area (Å²) in [6, 6.07) is 0. The lowest BCUT2D eigenvalue weighted by Gasteiger charge is -2.40. The maximum Gasteiger partial charge on any atom is 0.192 e. The molecule has 3 atom stereocenters. The molecule has 0 saturated heterocycles. The second kappa shape index (κ2) is 5.95. The Hall–Kier alpha value is -0.493. The maximum absolute atomic E-state index is 12.0. The van der Waals surface area contributed by atoms with Crippen molar-refractivity contribution in [3.05, 3.63) is 11.6 Å². The quantitative estimate of drug-likeness (QED) is 0.808. The van der Waals surface area contributed by atoms with Gasteiger partial charge in [-0.1, -0.05) is 20.8 Å². The third kappa shape index (κ3) is 4.49. The van der Waals surface area contributed by atoms with E-state index in [1.165, 1.54) is 6.08 Å². The molecule has 21 heavy (non-hydrogen) atoms. The van der Waals surface area contributed by atoms with E-state index in [4.69, 9.17) is 9.16 Å². The molecule has 1 aliphatic rings. The molecule has 0 amide bonds. The van der Waals surface area contributed by atoms with Gasteiger partial charge in [0.15, 0.2) is 19.9 Å². The number of ether oxygens (including phenoxy) is 1. The molecule has 0 aromatic rings. The van der Waals surface area contributed by atoms with E-state index in [1.54, 1.807) is 13.8 Å². The van der Waals surface area contributed by atoms with Gasteiger partial charge < -0.3 is 14.3 Å². The summed E-state index contributed by atoms with van der Waals surface area (Å²) in [7, 11) is -1.87. The zero-order chi connectivity index (χ0) is 16.6. The van der Waals surface area contributed by atoms with Crippen molar-refractivity contribution in [2.45, 2.75) is 84.1 Å². The van der Waals surface area contributed by atoms with E-state index < -0.39 is 20.2 Å².